The number of rotatable bonds is 4. The molecule has 1 fully saturated rings. The van der Waals surface area contributed by atoms with E-state index in [9.17, 15) is 9.90 Å². The van der Waals surface area contributed by atoms with Crippen molar-refractivity contribution in [3.8, 4) is 10.6 Å². The molecule has 3 aromatic rings. The number of aliphatic hydroxyl groups is 1. The van der Waals surface area contributed by atoms with Gasteiger partial charge >= 0.3 is 0 Å². The van der Waals surface area contributed by atoms with E-state index in [1.165, 1.54) is 11.3 Å². The molecule has 4 N–H and O–H groups in total. The maximum absolute atomic E-state index is 12.5. The summed E-state index contributed by atoms with van der Waals surface area (Å²) >= 11 is 1.28. The van der Waals surface area contributed by atoms with Crippen molar-refractivity contribution in [2.75, 3.05) is 29.0 Å². The van der Waals surface area contributed by atoms with E-state index < -0.39 is 0 Å². The van der Waals surface area contributed by atoms with Crippen molar-refractivity contribution in [2.24, 2.45) is 7.05 Å². The van der Waals surface area contributed by atoms with Crippen LogP contribution in [0.4, 0.5) is 16.4 Å². The third kappa shape index (κ3) is 3.64. The van der Waals surface area contributed by atoms with Gasteiger partial charge in [-0.15, -0.1) is 0 Å². The van der Waals surface area contributed by atoms with Crippen LogP contribution >= 0.6 is 11.3 Å². The Morgan fingerprint density at radius 2 is 2.30 bits per heavy atom. The van der Waals surface area contributed by atoms with Gasteiger partial charge in [0.25, 0.3) is 5.91 Å². The molecule has 1 aliphatic rings. The molecule has 1 aliphatic heterocycles. The van der Waals surface area contributed by atoms with Gasteiger partial charge in [-0.25, -0.2) is 4.98 Å². The van der Waals surface area contributed by atoms with Crippen molar-refractivity contribution >= 4 is 33.6 Å². The maximum Gasteiger partial charge on any atom is 0.277 e. The van der Waals surface area contributed by atoms with Gasteiger partial charge in [0.15, 0.2) is 5.69 Å². The number of anilines is 3. The van der Waals surface area contributed by atoms with Crippen LogP contribution < -0.4 is 16.0 Å². The fourth-order valence-corrected chi connectivity index (χ4v) is 3.93. The predicted octanol–water partition coefficient (Wildman–Crippen LogP) is 1.95. The molecule has 9 heteroatoms. The molecule has 3 heterocycles. The second-order valence-electron chi connectivity index (χ2n) is 6.53. The Morgan fingerprint density at radius 3 is 3.00 bits per heavy atom. The molecule has 1 aromatic carbocycles. The highest BCUT2D eigenvalue weighted by Gasteiger charge is 2.22. The average Bonchev–Trinajstić information content (AvgIpc) is 3.35. The maximum atomic E-state index is 12.5. The van der Waals surface area contributed by atoms with E-state index in [1.807, 2.05) is 24.3 Å². The molecule has 0 spiro atoms. The molecule has 1 atom stereocenters. The van der Waals surface area contributed by atoms with Gasteiger partial charge in [0, 0.05) is 37.6 Å². The number of aromatic nitrogens is 3. The number of aryl methyl sites for hydroxylation is 1. The average molecular weight is 384 g/mol. The first-order valence-corrected chi connectivity index (χ1v) is 9.41. The number of nitrogen functional groups attached to an aromatic ring is 1. The lowest BCUT2D eigenvalue weighted by Crippen LogP contribution is -2.20. The van der Waals surface area contributed by atoms with Crippen molar-refractivity contribution in [1.82, 2.24) is 14.8 Å². The van der Waals surface area contributed by atoms with Crippen molar-refractivity contribution in [3.63, 3.8) is 0 Å². The first-order valence-electron chi connectivity index (χ1n) is 8.59. The zero-order valence-corrected chi connectivity index (χ0v) is 15.6. The quantitative estimate of drug-likeness (QED) is 0.634. The molecule has 8 nitrogen and oxygen atoms in total. The molecule has 1 saturated heterocycles. The van der Waals surface area contributed by atoms with Gasteiger partial charge in [-0.2, -0.15) is 5.10 Å². The Labute approximate surface area is 160 Å². The van der Waals surface area contributed by atoms with Gasteiger partial charge in [0.2, 0.25) is 0 Å². The third-order valence-electron chi connectivity index (χ3n) is 4.45. The van der Waals surface area contributed by atoms with Crippen LogP contribution in [0.1, 0.15) is 16.9 Å². The molecule has 1 amide bonds. The second-order valence-corrected chi connectivity index (χ2v) is 7.56. The summed E-state index contributed by atoms with van der Waals surface area (Å²) in [6, 6.07) is 7.91. The van der Waals surface area contributed by atoms with E-state index in [1.54, 1.807) is 24.1 Å². The van der Waals surface area contributed by atoms with Crippen molar-refractivity contribution in [3.05, 3.63) is 42.4 Å². The molecule has 0 saturated carbocycles. The Balaban J connectivity index is 1.57. The van der Waals surface area contributed by atoms with Crippen molar-refractivity contribution in [1.29, 1.82) is 0 Å². The smallest absolute Gasteiger partial charge is 0.277 e. The molecule has 0 radical (unpaired) electrons. The number of carbonyl (C=O) groups is 1. The van der Waals surface area contributed by atoms with E-state index >= 15 is 0 Å². The first kappa shape index (κ1) is 17.5. The number of hydrogen-bond donors (Lipinski definition) is 3. The fraction of sp³-hybridized carbons (Fsp3) is 0.278. The van der Waals surface area contributed by atoms with Gasteiger partial charge in [0.05, 0.1) is 18.0 Å². The highest BCUT2D eigenvalue weighted by atomic mass is 32.1. The number of nitrogens with one attached hydrogen (secondary N) is 1. The summed E-state index contributed by atoms with van der Waals surface area (Å²) in [4.78, 5) is 19.1. The molecule has 4 rings (SSSR count). The lowest BCUT2D eigenvalue weighted by molar-refractivity contribution is 0.102. The third-order valence-corrected chi connectivity index (χ3v) is 5.39. The summed E-state index contributed by atoms with van der Waals surface area (Å²) < 4.78 is 1.60. The van der Waals surface area contributed by atoms with E-state index in [2.05, 4.69) is 20.3 Å². The van der Waals surface area contributed by atoms with Crippen molar-refractivity contribution < 1.29 is 9.90 Å². The van der Waals surface area contributed by atoms with Gasteiger partial charge in [-0.05, 0) is 18.6 Å². The SMILES string of the molecule is Cn1cc(NC(=O)c2nc(-c3cccc(N4CCC(O)C4)c3)sc2N)cn1. The van der Waals surface area contributed by atoms with Crippen LogP contribution in [0.5, 0.6) is 0 Å². The fourth-order valence-electron chi connectivity index (χ4n) is 3.11. The number of hydrogen-bond acceptors (Lipinski definition) is 7. The Kier molecular flexibility index (Phi) is 4.54. The standard InChI is InChI=1S/C18H20N6O2S/c1-23-9-12(8-20-23)21-17(26)15-16(19)27-18(22-15)11-3-2-4-13(7-11)24-6-5-14(25)10-24/h2-4,7-9,14,25H,5-6,10,19H2,1H3,(H,21,26). The number of aliphatic hydroxyl groups excluding tert-OH is 1. The van der Waals surface area contributed by atoms with E-state index in [0.717, 1.165) is 24.2 Å². The summed E-state index contributed by atoms with van der Waals surface area (Å²) in [6.45, 7) is 1.45. The Morgan fingerprint density at radius 1 is 1.44 bits per heavy atom. The molecule has 2 aromatic heterocycles. The summed E-state index contributed by atoms with van der Waals surface area (Å²) in [6.07, 6.45) is 3.75. The van der Waals surface area contributed by atoms with Crippen LogP contribution in [0.25, 0.3) is 10.6 Å². The zero-order chi connectivity index (χ0) is 19.0. The number of carbonyl (C=O) groups excluding carboxylic acids is 1. The van der Waals surface area contributed by atoms with Crippen molar-refractivity contribution in [2.45, 2.75) is 12.5 Å². The topological polar surface area (TPSA) is 109 Å². The van der Waals surface area contributed by atoms with Crippen LogP contribution in [0.15, 0.2) is 36.7 Å². The van der Waals surface area contributed by atoms with Gasteiger partial charge in [-0.1, -0.05) is 23.5 Å². The molecule has 1 unspecified atom stereocenters. The molecular formula is C18H20N6O2S. The second kappa shape index (κ2) is 7.01. The van der Waals surface area contributed by atoms with E-state index in [4.69, 9.17) is 5.73 Å². The minimum absolute atomic E-state index is 0.209. The van der Waals surface area contributed by atoms with Crippen LogP contribution in [-0.4, -0.2) is 45.0 Å². The van der Waals surface area contributed by atoms with Gasteiger partial charge in [-0.3, -0.25) is 9.48 Å². The lowest BCUT2D eigenvalue weighted by Gasteiger charge is -2.18. The highest BCUT2D eigenvalue weighted by Crippen LogP contribution is 2.33. The Hall–Kier alpha value is -2.91. The van der Waals surface area contributed by atoms with Gasteiger partial charge < -0.3 is 21.1 Å². The molecule has 0 bridgehead atoms. The number of nitrogens with two attached hydrogens (primary N) is 1. The number of β-amino-alcohol motifs (C(OH)–C–C–N with tert-alkyl or cyclic N) is 1. The number of amides is 1. The molecule has 140 valence electrons. The minimum atomic E-state index is -0.359. The normalized spacial score (nSPS) is 16.7. The molecule has 27 heavy (non-hydrogen) atoms. The number of benzene rings is 1. The minimum Gasteiger partial charge on any atom is -0.391 e. The summed E-state index contributed by atoms with van der Waals surface area (Å²) in [5.74, 6) is -0.359. The van der Waals surface area contributed by atoms with Crippen LogP contribution in [0.2, 0.25) is 0 Å². The number of thiazole rings is 1. The van der Waals surface area contributed by atoms with Crippen LogP contribution in [0.3, 0.4) is 0 Å². The lowest BCUT2D eigenvalue weighted by atomic mass is 10.2. The Bertz CT molecular complexity index is 982. The molecule has 0 aliphatic carbocycles. The van der Waals surface area contributed by atoms with Gasteiger partial charge in [0.1, 0.15) is 10.0 Å². The monoisotopic (exact) mass is 384 g/mol. The molecular weight excluding hydrogens is 364 g/mol. The van der Waals surface area contributed by atoms with E-state index in [-0.39, 0.29) is 17.7 Å². The summed E-state index contributed by atoms with van der Waals surface area (Å²) in [7, 11) is 1.78. The highest BCUT2D eigenvalue weighted by molar-refractivity contribution is 7.19. The summed E-state index contributed by atoms with van der Waals surface area (Å²) in [5.41, 5.74) is 8.77. The predicted molar refractivity (Wildman–Crippen MR) is 106 cm³/mol. The summed E-state index contributed by atoms with van der Waals surface area (Å²) in [5, 5.41) is 17.6. The number of nitrogens with zero attached hydrogens (tertiary/aromatic N) is 4. The largest absolute Gasteiger partial charge is 0.391 e. The van der Waals surface area contributed by atoms with E-state index in [0.29, 0.717) is 22.2 Å². The zero-order valence-electron chi connectivity index (χ0n) is 14.8. The van der Waals surface area contributed by atoms with Crippen LogP contribution in [0, 0.1) is 0 Å². The van der Waals surface area contributed by atoms with Crippen LogP contribution in [-0.2, 0) is 7.05 Å². The first-order chi connectivity index (χ1) is 13.0.